The van der Waals surface area contributed by atoms with Crippen molar-refractivity contribution in [3.05, 3.63) is 0 Å². The lowest BCUT2D eigenvalue weighted by molar-refractivity contribution is -0.168. The summed E-state index contributed by atoms with van der Waals surface area (Å²) in [4.78, 5) is 15.4. The van der Waals surface area contributed by atoms with Crippen LogP contribution in [0.3, 0.4) is 0 Å². The number of carbonyl (C=O) groups is 1. The highest BCUT2D eigenvalue weighted by Crippen LogP contribution is 1.93. The highest BCUT2D eigenvalue weighted by atomic mass is 79.9. The fourth-order valence-corrected chi connectivity index (χ4v) is 0.679. The summed E-state index contributed by atoms with van der Waals surface area (Å²) < 4.78 is 0. The predicted octanol–water partition coefficient (Wildman–Crippen LogP) is 0.791. The van der Waals surface area contributed by atoms with E-state index >= 15 is 0 Å². The maximum absolute atomic E-state index is 10.7. The van der Waals surface area contributed by atoms with E-state index in [1.54, 1.807) is 7.05 Å². The molecular weight excluding hydrogens is 186 g/mol. The third-order valence-electron chi connectivity index (χ3n) is 0.933. The maximum atomic E-state index is 10.7. The van der Waals surface area contributed by atoms with Gasteiger partial charge in [0.1, 0.15) is 0 Å². The molecule has 0 bridgehead atoms. The minimum atomic E-state index is -0.0191. The number of rotatable bonds is 3. The molecule has 0 atom stereocenters. The molecule has 0 radical (unpaired) electrons. The minimum absolute atomic E-state index is 0.0191. The van der Waals surface area contributed by atoms with Gasteiger partial charge in [0.25, 0.3) is 0 Å². The summed E-state index contributed by atoms with van der Waals surface area (Å²) in [6.07, 6.45) is 0.477. The molecular formula is C5H10BrNO2. The van der Waals surface area contributed by atoms with Crippen LogP contribution in [0.25, 0.3) is 0 Å². The highest BCUT2D eigenvalue weighted by Gasteiger charge is 2.04. The van der Waals surface area contributed by atoms with Gasteiger partial charge < -0.3 is 0 Å². The number of hydrogen-bond donors (Lipinski definition) is 0. The lowest BCUT2D eigenvalue weighted by Gasteiger charge is -2.11. The van der Waals surface area contributed by atoms with Gasteiger partial charge in [-0.3, -0.25) is 9.63 Å². The van der Waals surface area contributed by atoms with Crippen LogP contribution in [0.15, 0.2) is 0 Å². The standard InChI is InChI=1S/C5H10BrNO2/c1-7(9-2)5(8)3-4-6/h3-4H2,1-2H3. The molecule has 0 aromatic rings. The van der Waals surface area contributed by atoms with Gasteiger partial charge in [0.2, 0.25) is 5.91 Å². The van der Waals surface area contributed by atoms with Crippen molar-refractivity contribution in [2.45, 2.75) is 6.42 Å². The normalized spacial score (nSPS) is 9.22. The van der Waals surface area contributed by atoms with Gasteiger partial charge >= 0.3 is 0 Å². The van der Waals surface area contributed by atoms with E-state index in [0.717, 1.165) is 0 Å². The van der Waals surface area contributed by atoms with Gasteiger partial charge in [-0.2, -0.15) is 0 Å². The number of carbonyl (C=O) groups excluding carboxylic acids is 1. The summed E-state index contributed by atoms with van der Waals surface area (Å²) in [6.45, 7) is 0. The monoisotopic (exact) mass is 195 g/mol. The number of amides is 1. The van der Waals surface area contributed by atoms with Crippen LogP contribution in [-0.4, -0.2) is 30.5 Å². The van der Waals surface area contributed by atoms with Crippen molar-refractivity contribution < 1.29 is 9.63 Å². The zero-order chi connectivity index (χ0) is 7.28. The summed E-state index contributed by atoms with van der Waals surface area (Å²) in [5.74, 6) is -0.0191. The molecule has 0 aliphatic rings. The Hall–Kier alpha value is -0.0900. The zero-order valence-corrected chi connectivity index (χ0v) is 7.14. The smallest absolute Gasteiger partial charge is 0.246 e. The quantitative estimate of drug-likeness (QED) is 0.493. The molecule has 1 amide bonds. The molecule has 0 spiro atoms. The van der Waals surface area contributed by atoms with Crippen molar-refractivity contribution in [2.24, 2.45) is 0 Å². The van der Waals surface area contributed by atoms with Crippen molar-refractivity contribution >= 4 is 21.8 Å². The Morgan fingerprint density at radius 2 is 2.33 bits per heavy atom. The maximum Gasteiger partial charge on any atom is 0.246 e. The molecule has 0 aromatic heterocycles. The van der Waals surface area contributed by atoms with E-state index in [9.17, 15) is 4.79 Å². The Morgan fingerprint density at radius 3 is 2.67 bits per heavy atom. The van der Waals surface area contributed by atoms with Crippen molar-refractivity contribution in [3.8, 4) is 0 Å². The summed E-state index contributed by atoms with van der Waals surface area (Å²) >= 11 is 3.14. The van der Waals surface area contributed by atoms with E-state index in [4.69, 9.17) is 0 Å². The lowest BCUT2D eigenvalue weighted by atomic mass is 10.5. The van der Waals surface area contributed by atoms with Gasteiger partial charge in [0.15, 0.2) is 0 Å². The molecule has 54 valence electrons. The Labute approximate surface area is 63.1 Å². The minimum Gasteiger partial charge on any atom is -0.275 e. The molecule has 0 fully saturated rings. The second-order valence-corrected chi connectivity index (χ2v) is 2.31. The Morgan fingerprint density at radius 1 is 1.78 bits per heavy atom. The van der Waals surface area contributed by atoms with Gasteiger partial charge in [-0.1, -0.05) is 15.9 Å². The molecule has 0 saturated carbocycles. The number of hydroxylamine groups is 2. The summed E-state index contributed by atoms with van der Waals surface area (Å²) in [5.41, 5.74) is 0. The van der Waals surface area contributed by atoms with Crippen LogP contribution in [0.5, 0.6) is 0 Å². The summed E-state index contributed by atoms with van der Waals surface area (Å²) in [7, 11) is 3.05. The van der Waals surface area contributed by atoms with Crippen LogP contribution in [-0.2, 0) is 9.63 Å². The Bertz CT molecular complexity index is 97.0. The molecule has 0 aromatic carbocycles. The van der Waals surface area contributed by atoms with Gasteiger partial charge in [-0.15, -0.1) is 0 Å². The van der Waals surface area contributed by atoms with E-state index in [0.29, 0.717) is 11.8 Å². The first kappa shape index (κ1) is 8.91. The van der Waals surface area contributed by atoms with Crippen LogP contribution in [0.1, 0.15) is 6.42 Å². The molecule has 9 heavy (non-hydrogen) atoms. The second kappa shape index (κ2) is 4.76. The number of hydrogen-bond acceptors (Lipinski definition) is 2. The van der Waals surface area contributed by atoms with Crippen molar-refractivity contribution in [2.75, 3.05) is 19.5 Å². The number of nitrogens with zero attached hydrogens (tertiary/aromatic N) is 1. The first-order valence-electron chi connectivity index (χ1n) is 2.59. The van der Waals surface area contributed by atoms with Gasteiger partial charge in [-0.05, 0) is 0 Å². The van der Waals surface area contributed by atoms with E-state index in [-0.39, 0.29) is 5.91 Å². The first-order chi connectivity index (χ1) is 4.22. The van der Waals surface area contributed by atoms with Gasteiger partial charge in [-0.25, -0.2) is 5.06 Å². The number of alkyl halides is 1. The average molecular weight is 196 g/mol. The lowest BCUT2D eigenvalue weighted by Crippen LogP contribution is -2.25. The van der Waals surface area contributed by atoms with E-state index < -0.39 is 0 Å². The topological polar surface area (TPSA) is 29.5 Å². The molecule has 0 heterocycles. The zero-order valence-electron chi connectivity index (χ0n) is 5.56. The fraction of sp³-hybridized carbons (Fsp3) is 0.800. The molecule has 3 nitrogen and oxygen atoms in total. The van der Waals surface area contributed by atoms with Crippen molar-refractivity contribution in [1.29, 1.82) is 0 Å². The SMILES string of the molecule is CON(C)C(=O)CCBr. The van der Waals surface area contributed by atoms with Crippen molar-refractivity contribution in [3.63, 3.8) is 0 Å². The molecule has 0 N–H and O–H groups in total. The van der Waals surface area contributed by atoms with E-state index in [2.05, 4.69) is 20.8 Å². The van der Waals surface area contributed by atoms with Crippen LogP contribution in [0, 0.1) is 0 Å². The number of halogens is 1. The van der Waals surface area contributed by atoms with Gasteiger partial charge in [0.05, 0.1) is 7.11 Å². The van der Waals surface area contributed by atoms with E-state index in [1.807, 2.05) is 0 Å². The molecule has 4 heteroatoms. The van der Waals surface area contributed by atoms with Crippen LogP contribution >= 0.6 is 15.9 Å². The van der Waals surface area contributed by atoms with Crippen molar-refractivity contribution in [1.82, 2.24) is 5.06 Å². The second-order valence-electron chi connectivity index (χ2n) is 1.51. The van der Waals surface area contributed by atoms with Crippen LogP contribution < -0.4 is 0 Å². The Kier molecular flexibility index (Phi) is 4.71. The predicted molar refractivity (Wildman–Crippen MR) is 38.2 cm³/mol. The largest absolute Gasteiger partial charge is 0.275 e. The average Bonchev–Trinajstić information content (AvgIpc) is 1.87. The first-order valence-corrected chi connectivity index (χ1v) is 3.71. The molecule has 0 unspecified atom stereocenters. The summed E-state index contributed by atoms with van der Waals surface area (Å²) in [5, 5.41) is 1.89. The molecule has 0 rings (SSSR count). The van der Waals surface area contributed by atoms with Crippen LogP contribution in [0.4, 0.5) is 0 Å². The highest BCUT2D eigenvalue weighted by molar-refractivity contribution is 9.09. The molecule has 0 aliphatic heterocycles. The molecule has 0 aliphatic carbocycles. The summed E-state index contributed by atoms with van der Waals surface area (Å²) in [6, 6.07) is 0. The van der Waals surface area contributed by atoms with Gasteiger partial charge in [0, 0.05) is 18.8 Å². The van der Waals surface area contributed by atoms with Crippen LogP contribution in [0.2, 0.25) is 0 Å². The Balaban J connectivity index is 3.46. The molecule has 0 saturated heterocycles. The van der Waals surface area contributed by atoms with E-state index in [1.165, 1.54) is 12.2 Å². The third-order valence-corrected chi connectivity index (χ3v) is 1.33. The third kappa shape index (κ3) is 3.48. The fourth-order valence-electron chi connectivity index (χ4n) is 0.340.